The molecule has 0 saturated carbocycles. The van der Waals surface area contributed by atoms with Crippen LogP contribution in [0.15, 0.2) is 37.9 Å². The van der Waals surface area contributed by atoms with E-state index in [1.807, 2.05) is 6.07 Å². The highest BCUT2D eigenvalue weighted by atomic mass is 79.9. The summed E-state index contributed by atoms with van der Waals surface area (Å²) in [5.41, 5.74) is 1.86. The van der Waals surface area contributed by atoms with Crippen LogP contribution in [0.5, 0.6) is 5.75 Å². The third-order valence-corrected chi connectivity index (χ3v) is 5.12. The lowest BCUT2D eigenvalue weighted by Gasteiger charge is -2.17. The second-order valence-electron chi connectivity index (χ2n) is 4.12. The van der Waals surface area contributed by atoms with Gasteiger partial charge in [-0.3, -0.25) is 0 Å². The number of alkyl halides is 3. The summed E-state index contributed by atoms with van der Waals surface area (Å²) in [6.45, 7) is 0. The maximum Gasteiger partial charge on any atom is 0.573 e. The fraction of sp³-hybridized carbons (Fsp3) is 0.231. The predicted octanol–water partition coefficient (Wildman–Crippen LogP) is 5.48. The quantitative estimate of drug-likeness (QED) is 0.674. The van der Waals surface area contributed by atoms with Crippen LogP contribution in [-0.2, 0) is 0 Å². The molecule has 2 aromatic rings. The summed E-state index contributed by atoms with van der Waals surface area (Å²) in [5.74, 6) is -0.230. The third-order valence-electron chi connectivity index (χ3n) is 2.73. The van der Waals surface area contributed by atoms with Crippen LogP contribution in [0.4, 0.5) is 13.2 Å². The molecule has 21 heavy (non-hydrogen) atoms. The van der Waals surface area contributed by atoms with E-state index >= 15 is 0 Å². The zero-order valence-electron chi connectivity index (χ0n) is 10.7. The Balaban J connectivity index is 2.25. The normalized spacial score (nSPS) is 13.2. The zero-order chi connectivity index (χ0) is 15.6. The van der Waals surface area contributed by atoms with Crippen molar-refractivity contribution in [3.63, 3.8) is 0 Å². The number of thiophene rings is 1. The summed E-state index contributed by atoms with van der Waals surface area (Å²) in [6.07, 6.45) is -4.68. The molecule has 0 radical (unpaired) electrons. The molecule has 0 amide bonds. The minimum atomic E-state index is -4.68. The first-order chi connectivity index (χ1) is 9.80. The minimum Gasteiger partial charge on any atom is -0.406 e. The zero-order valence-corrected chi connectivity index (χ0v) is 14.7. The summed E-state index contributed by atoms with van der Waals surface area (Å²) in [6, 6.07) is 7.68. The van der Waals surface area contributed by atoms with Crippen LogP contribution in [0.25, 0.3) is 0 Å². The molecule has 8 heteroatoms. The molecule has 2 nitrogen and oxygen atoms in total. The van der Waals surface area contributed by atoms with E-state index in [1.54, 1.807) is 19.2 Å². The number of halogens is 5. The minimum absolute atomic E-state index is 0.123. The first kappa shape index (κ1) is 16.8. The van der Waals surface area contributed by atoms with Gasteiger partial charge in [0.2, 0.25) is 0 Å². The number of hydrogen-bond acceptors (Lipinski definition) is 3. The Morgan fingerprint density at radius 3 is 2.24 bits per heavy atom. The summed E-state index contributed by atoms with van der Waals surface area (Å²) < 4.78 is 42.2. The smallest absolute Gasteiger partial charge is 0.406 e. The van der Waals surface area contributed by atoms with E-state index in [9.17, 15) is 13.2 Å². The lowest BCUT2D eigenvalue weighted by Crippen LogP contribution is -2.18. The van der Waals surface area contributed by atoms with E-state index in [0.29, 0.717) is 0 Å². The Morgan fingerprint density at radius 1 is 1.19 bits per heavy atom. The van der Waals surface area contributed by atoms with Gasteiger partial charge < -0.3 is 10.1 Å². The van der Waals surface area contributed by atoms with Gasteiger partial charge >= 0.3 is 6.36 Å². The predicted molar refractivity (Wildman–Crippen MR) is 83.7 cm³/mol. The van der Waals surface area contributed by atoms with E-state index in [0.717, 1.165) is 18.7 Å². The highest BCUT2D eigenvalue weighted by Gasteiger charge is 2.31. The van der Waals surface area contributed by atoms with Gasteiger partial charge in [-0.25, -0.2) is 0 Å². The molecule has 1 aromatic carbocycles. The van der Waals surface area contributed by atoms with Crippen LogP contribution in [0.2, 0.25) is 0 Å². The van der Waals surface area contributed by atoms with Crippen LogP contribution in [-0.4, -0.2) is 13.4 Å². The maximum atomic E-state index is 12.1. The van der Waals surface area contributed by atoms with Gasteiger partial charge in [0.1, 0.15) is 5.75 Å². The summed E-state index contributed by atoms with van der Waals surface area (Å²) in [4.78, 5) is 0. The maximum absolute atomic E-state index is 12.1. The van der Waals surface area contributed by atoms with E-state index in [4.69, 9.17) is 0 Å². The molecule has 0 aliphatic heterocycles. The fourth-order valence-electron chi connectivity index (χ4n) is 1.91. The standard InChI is InChI=1S/C13H10Br2F3NOS/c1-19-11(9-6-10(14)21-12(9)15)7-2-4-8(5-3-7)20-13(16,17)18/h2-6,11,19H,1H3. The molecular weight excluding hydrogens is 435 g/mol. The molecule has 0 aliphatic carbocycles. The molecule has 114 valence electrons. The van der Waals surface area contributed by atoms with Gasteiger partial charge in [-0.15, -0.1) is 24.5 Å². The van der Waals surface area contributed by atoms with E-state index in [-0.39, 0.29) is 11.8 Å². The second kappa shape index (κ2) is 6.68. The average Bonchev–Trinajstić information content (AvgIpc) is 2.70. The first-order valence-corrected chi connectivity index (χ1v) is 8.18. The van der Waals surface area contributed by atoms with Gasteiger partial charge in [-0.05, 0) is 68.2 Å². The number of rotatable bonds is 4. The third kappa shape index (κ3) is 4.45. The lowest BCUT2D eigenvalue weighted by atomic mass is 10.0. The number of hydrogen-bond donors (Lipinski definition) is 1. The van der Waals surface area contributed by atoms with Crippen molar-refractivity contribution in [1.29, 1.82) is 0 Å². The van der Waals surface area contributed by atoms with Crippen molar-refractivity contribution in [3.8, 4) is 5.75 Å². The number of nitrogens with one attached hydrogen (secondary N) is 1. The second-order valence-corrected chi connectivity index (χ2v) is 7.87. The van der Waals surface area contributed by atoms with Gasteiger partial charge in [0.05, 0.1) is 13.6 Å². The molecule has 1 unspecified atom stereocenters. The SMILES string of the molecule is CNC(c1ccc(OC(F)(F)F)cc1)c1cc(Br)sc1Br. The largest absolute Gasteiger partial charge is 0.573 e. The van der Waals surface area contributed by atoms with E-state index in [1.165, 1.54) is 23.5 Å². The molecule has 0 bridgehead atoms. The Hall–Kier alpha value is -0.570. The summed E-state index contributed by atoms with van der Waals surface area (Å²) >= 11 is 8.44. The molecule has 2 rings (SSSR count). The first-order valence-electron chi connectivity index (χ1n) is 5.78. The molecule has 1 atom stereocenters. The van der Waals surface area contributed by atoms with Gasteiger partial charge in [0.15, 0.2) is 0 Å². The highest BCUT2D eigenvalue weighted by molar-refractivity contribution is 9.12. The number of ether oxygens (including phenoxy) is 1. The van der Waals surface area contributed by atoms with Gasteiger partial charge in [-0.1, -0.05) is 12.1 Å². The Labute approximate surface area is 140 Å². The average molecular weight is 445 g/mol. The molecule has 0 aliphatic rings. The highest BCUT2D eigenvalue weighted by Crippen LogP contribution is 2.38. The van der Waals surface area contributed by atoms with Crippen molar-refractivity contribution in [3.05, 3.63) is 49.0 Å². The Bertz CT molecular complexity index is 613. The topological polar surface area (TPSA) is 21.3 Å². The van der Waals surface area contributed by atoms with Crippen molar-refractivity contribution in [2.45, 2.75) is 12.4 Å². The van der Waals surface area contributed by atoms with Crippen molar-refractivity contribution >= 4 is 43.2 Å². The number of benzene rings is 1. The molecule has 1 heterocycles. The molecule has 1 aromatic heterocycles. The molecule has 0 saturated heterocycles. The van der Waals surface area contributed by atoms with Crippen molar-refractivity contribution in [2.75, 3.05) is 7.05 Å². The molecule has 0 fully saturated rings. The van der Waals surface area contributed by atoms with Crippen molar-refractivity contribution in [1.82, 2.24) is 5.32 Å². The Kier molecular flexibility index (Phi) is 5.34. The van der Waals surface area contributed by atoms with Crippen molar-refractivity contribution in [2.24, 2.45) is 0 Å². The van der Waals surface area contributed by atoms with Crippen LogP contribution < -0.4 is 10.1 Å². The molecule has 0 spiro atoms. The van der Waals surface area contributed by atoms with Crippen LogP contribution in [0.1, 0.15) is 17.2 Å². The van der Waals surface area contributed by atoms with Crippen LogP contribution in [0.3, 0.4) is 0 Å². The molecular formula is C13H10Br2F3NOS. The van der Waals surface area contributed by atoms with Gasteiger partial charge in [0.25, 0.3) is 0 Å². The fourth-order valence-corrected chi connectivity index (χ4v) is 4.82. The monoisotopic (exact) mass is 443 g/mol. The summed E-state index contributed by atoms with van der Waals surface area (Å²) in [5, 5.41) is 3.15. The van der Waals surface area contributed by atoms with E-state index in [2.05, 4.69) is 41.9 Å². The van der Waals surface area contributed by atoms with Crippen molar-refractivity contribution < 1.29 is 17.9 Å². The summed E-state index contributed by atoms with van der Waals surface area (Å²) in [7, 11) is 1.79. The van der Waals surface area contributed by atoms with Crippen LogP contribution in [0, 0.1) is 0 Å². The van der Waals surface area contributed by atoms with Gasteiger partial charge in [0, 0.05) is 0 Å². The van der Waals surface area contributed by atoms with Crippen LogP contribution >= 0.6 is 43.2 Å². The van der Waals surface area contributed by atoms with Gasteiger partial charge in [-0.2, -0.15) is 0 Å². The van der Waals surface area contributed by atoms with E-state index < -0.39 is 6.36 Å². The lowest BCUT2D eigenvalue weighted by molar-refractivity contribution is -0.274. The molecule has 1 N–H and O–H groups in total. The Morgan fingerprint density at radius 2 is 1.81 bits per heavy atom.